The number of nitrogens with one attached hydrogen (secondary N) is 1. The molecule has 1 fully saturated rings. The molecule has 1 heterocycles. The smallest absolute Gasteiger partial charge is 0.355 e. The van der Waals surface area contributed by atoms with E-state index in [1.54, 1.807) is 12.1 Å². The maximum Gasteiger partial charge on any atom is 0.355 e. The Kier molecular flexibility index (Phi) is 6.95. The maximum absolute atomic E-state index is 13.2. The fraction of sp³-hybridized carbons (Fsp3) is 0.167. The lowest BCUT2D eigenvalue weighted by Gasteiger charge is -2.19. The summed E-state index contributed by atoms with van der Waals surface area (Å²) >= 11 is 5.91. The first-order chi connectivity index (χ1) is 17.1. The number of benzene rings is 2. The van der Waals surface area contributed by atoms with E-state index in [-0.39, 0.29) is 16.5 Å². The third kappa shape index (κ3) is 5.47. The van der Waals surface area contributed by atoms with Crippen LogP contribution in [0.5, 0.6) is 5.75 Å². The van der Waals surface area contributed by atoms with E-state index >= 15 is 0 Å². The first-order valence-electron chi connectivity index (χ1n) is 10.6. The summed E-state index contributed by atoms with van der Waals surface area (Å²) in [7, 11) is -3.43. The Morgan fingerprint density at radius 1 is 0.944 bits per heavy atom. The monoisotopic (exact) mass is 530 g/mol. The summed E-state index contributed by atoms with van der Waals surface area (Å²) in [4.78, 5) is 39.8. The van der Waals surface area contributed by atoms with Gasteiger partial charge in [-0.2, -0.15) is 0 Å². The number of amides is 1. The second-order valence-corrected chi connectivity index (χ2v) is 10.6. The minimum atomic E-state index is -3.43. The van der Waals surface area contributed by atoms with E-state index in [0.717, 1.165) is 12.1 Å². The van der Waals surface area contributed by atoms with Crippen molar-refractivity contribution in [3.63, 3.8) is 0 Å². The van der Waals surface area contributed by atoms with E-state index in [2.05, 4.69) is 10.3 Å². The van der Waals surface area contributed by atoms with E-state index in [1.807, 2.05) is 0 Å². The second-order valence-electron chi connectivity index (χ2n) is 7.96. The fourth-order valence-corrected chi connectivity index (χ4v) is 5.16. The summed E-state index contributed by atoms with van der Waals surface area (Å²) in [6.45, 7) is 0. The van der Waals surface area contributed by atoms with Crippen molar-refractivity contribution in [1.82, 2.24) is 4.98 Å². The highest BCUT2D eigenvalue weighted by Gasteiger charge is 2.37. The van der Waals surface area contributed by atoms with Gasteiger partial charge in [0.05, 0.1) is 15.7 Å². The SMILES string of the molecule is O=C(O)c1ccc(NC(=O)C(Oc2ccc(Cl)cc2)c2ccc(S(=O)(=O)C3CC3)cc2)nc1C(=O)O. The molecule has 36 heavy (non-hydrogen) atoms. The number of aromatic carboxylic acids is 2. The van der Waals surface area contributed by atoms with Crippen LogP contribution in [0.2, 0.25) is 5.02 Å². The van der Waals surface area contributed by atoms with Gasteiger partial charge in [0.1, 0.15) is 11.6 Å². The molecule has 186 valence electrons. The van der Waals surface area contributed by atoms with Crippen molar-refractivity contribution < 1.29 is 37.8 Å². The number of hydrogen-bond donors (Lipinski definition) is 3. The van der Waals surface area contributed by atoms with Crippen molar-refractivity contribution in [2.45, 2.75) is 29.1 Å². The van der Waals surface area contributed by atoms with Crippen LogP contribution in [0.3, 0.4) is 0 Å². The maximum atomic E-state index is 13.2. The largest absolute Gasteiger partial charge is 0.478 e. The fourth-order valence-electron chi connectivity index (χ4n) is 3.38. The van der Waals surface area contributed by atoms with Gasteiger partial charge in [-0.25, -0.2) is 23.0 Å². The zero-order valence-corrected chi connectivity index (χ0v) is 20.0. The number of carbonyl (C=O) groups is 3. The van der Waals surface area contributed by atoms with E-state index in [1.165, 1.54) is 36.4 Å². The Labute approximate surface area is 210 Å². The van der Waals surface area contributed by atoms with E-state index in [0.29, 0.717) is 23.4 Å². The highest BCUT2D eigenvalue weighted by Crippen LogP contribution is 2.34. The van der Waals surface area contributed by atoms with Gasteiger partial charge < -0.3 is 20.3 Å². The molecule has 1 unspecified atom stereocenters. The van der Waals surface area contributed by atoms with Gasteiger partial charge in [0, 0.05) is 10.6 Å². The zero-order valence-electron chi connectivity index (χ0n) is 18.4. The molecule has 0 aliphatic heterocycles. The highest BCUT2D eigenvalue weighted by atomic mass is 35.5. The molecule has 3 aromatic rings. The highest BCUT2D eigenvalue weighted by molar-refractivity contribution is 7.92. The lowest BCUT2D eigenvalue weighted by atomic mass is 10.1. The third-order valence-electron chi connectivity index (χ3n) is 5.36. The minimum absolute atomic E-state index is 0.136. The predicted molar refractivity (Wildman–Crippen MR) is 128 cm³/mol. The van der Waals surface area contributed by atoms with Crippen LogP contribution in [0.15, 0.2) is 65.6 Å². The number of carbonyl (C=O) groups excluding carboxylic acids is 1. The number of carboxylic acid groups (broad SMARTS) is 2. The van der Waals surface area contributed by atoms with Gasteiger partial charge in [-0.05, 0) is 61.4 Å². The van der Waals surface area contributed by atoms with Gasteiger partial charge in [-0.3, -0.25) is 4.79 Å². The quantitative estimate of drug-likeness (QED) is 0.373. The van der Waals surface area contributed by atoms with Crippen LogP contribution in [0.25, 0.3) is 0 Å². The molecule has 1 aromatic heterocycles. The summed E-state index contributed by atoms with van der Waals surface area (Å²) in [5.74, 6) is -3.74. The average molecular weight is 531 g/mol. The van der Waals surface area contributed by atoms with Crippen molar-refractivity contribution in [3.8, 4) is 5.75 Å². The average Bonchev–Trinajstić information content (AvgIpc) is 3.70. The Hall–Kier alpha value is -3.96. The zero-order chi connectivity index (χ0) is 26.0. The van der Waals surface area contributed by atoms with Crippen LogP contribution in [0.4, 0.5) is 5.82 Å². The lowest BCUT2D eigenvalue weighted by molar-refractivity contribution is -0.123. The third-order valence-corrected chi connectivity index (χ3v) is 7.89. The first-order valence-corrected chi connectivity index (χ1v) is 12.5. The Bertz CT molecular complexity index is 1440. The topological polar surface area (TPSA) is 160 Å². The standard InChI is InChI=1S/C24H19ClN2O8S/c25-14-3-5-15(6-4-14)35-21(13-1-7-16(8-2-13)36(33,34)17-9-10-17)22(28)27-19-12-11-18(23(29)30)20(26-19)24(31)32/h1-8,11-12,17,21H,9-10H2,(H,29,30)(H,31,32)(H,26,27,28). The molecule has 3 N–H and O–H groups in total. The van der Waals surface area contributed by atoms with Crippen LogP contribution in [0.1, 0.15) is 45.4 Å². The van der Waals surface area contributed by atoms with Gasteiger partial charge in [0.15, 0.2) is 15.5 Å². The number of nitrogens with zero attached hydrogens (tertiary/aromatic N) is 1. The molecule has 4 rings (SSSR count). The van der Waals surface area contributed by atoms with Gasteiger partial charge in [0.25, 0.3) is 5.91 Å². The molecule has 12 heteroatoms. The molecule has 2 aromatic carbocycles. The molecule has 1 aliphatic rings. The van der Waals surface area contributed by atoms with Gasteiger partial charge in [-0.15, -0.1) is 0 Å². The normalized spacial score (nSPS) is 14.0. The first kappa shape index (κ1) is 25.1. The predicted octanol–water partition coefficient (Wildman–Crippen LogP) is 3.83. The number of hydrogen-bond acceptors (Lipinski definition) is 7. The van der Waals surface area contributed by atoms with Crippen LogP contribution in [-0.4, -0.2) is 46.7 Å². The molecule has 10 nitrogen and oxygen atoms in total. The molecule has 0 saturated heterocycles. The van der Waals surface area contributed by atoms with E-state index in [4.69, 9.17) is 21.4 Å². The van der Waals surface area contributed by atoms with Crippen LogP contribution < -0.4 is 10.1 Å². The number of sulfone groups is 1. The number of halogens is 1. The Balaban J connectivity index is 1.65. The molecular weight excluding hydrogens is 512 g/mol. The number of anilines is 1. The van der Waals surface area contributed by atoms with Crippen molar-refractivity contribution in [1.29, 1.82) is 0 Å². The Morgan fingerprint density at radius 2 is 1.58 bits per heavy atom. The molecule has 1 atom stereocenters. The molecule has 1 saturated carbocycles. The number of pyridine rings is 1. The van der Waals surface area contributed by atoms with Crippen molar-refractivity contribution in [3.05, 3.63) is 82.5 Å². The van der Waals surface area contributed by atoms with E-state index < -0.39 is 50.3 Å². The summed E-state index contributed by atoms with van der Waals surface area (Å²) in [5, 5.41) is 20.9. The molecule has 0 radical (unpaired) electrons. The summed E-state index contributed by atoms with van der Waals surface area (Å²) in [6, 6.07) is 14.1. The molecule has 0 bridgehead atoms. The van der Waals surface area contributed by atoms with E-state index in [9.17, 15) is 27.9 Å². The van der Waals surface area contributed by atoms with Crippen LogP contribution >= 0.6 is 11.6 Å². The van der Waals surface area contributed by atoms with Gasteiger partial charge >= 0.3 is 11.9 Å². The van der Waals surface area contributed by atoms with Gasteiger partial charge in [-0.1, -0.05) is 23.7 Å². The van der Waals surface area contributed by atoms with Gasteiger partial charge in [0.2, 0.25) is 6.10 Å². The molecular formula is C24H19ClN2O8S. The number of rotatable bonds is 9. The second kappa shape index (κ2) is 9.96. The lowest BCUT2D eigenvalue weighted by Crippen LogP contribution is -2.26. The summed E-state index contributed by atoms with van der Waals surface area (Å²) in [5.41, 5.74) is -0.968. The van der Waals surface area contributed by atoms with Crippen LogP contribution in [-0.2, 0) is 14.6 Å². The van der Waals surface area contributed by atoms with Crippen molar-refractivity contribution in [2.24, 2.45) is 0 Å². The molecule has 1 aliphatic carbocycles. The summed E-state index contributed by atoms with van der Waals surface area (Å²) < 4.78 is 30.9. The number of ether oxygens (including phenoxy) is 1. The molecule has 1 amide bonds. The number of carboxylic acids is 2. The van der Waals surface area contributed by atoms with Crippen molar-refractivity contribution in [2.75, 3.05) is 5.32 Å². The summed E-state index contributed by atoms with van der Waals surface area (Å²) in [6.07, 6.45) is -0.0696. The minimum Gasteiger partial charge on any atom is -0.478 e. The number of aromatic nitrogens is 1. The van der Waals surface area contributed by atoms with Crippen molar-refractivity contribution >= 4 is 45.1 Å². The molecule has 0 spiro atoms. The Morgan fingerprint density at radius 3 is 2.14 bits per heavy atom. The van der Waals surface area contributed by atoms with Crippen LogP contribution in [0, 0.1) is 0 Å².